The van der Waals surface area contributed by atoms with Crippen LogP contribution in [-0.2, 0) is 4.57 Å². The van der Waals surface area contributed by atoms with E-state index in [1.54, 1.807) is 18.2 Å². The first-order chi connectivity index (χ1) is 5.18. The van der Waals surface area contributed by atoms with Crippen LogP contribution < -0.4 is 10.3 Å². The summed E-state index contributed by atoms with van der Waals surface area (Å²) in [4.78, 5) is 8.38. The summed E-state index contributed by atoms with van der Waals surface area (Å²) in [5.41, 5.74) is 5.89. The molecule has 3 N–H and O–H groups in total. The molecule has 0 bridgehead atoms. The third kappa shape index (κ3) is 2.62. The Hall–Kier alpha value is -0.990. The Morgan fingerprint density at radius 2 is 2.27 bits per heavy atom. The predicted molar refractivity (Wildman–Crippen MR) is 42.7 cm³/mol. The monoisotopic (exact) mass is 173 g/mol. The van der Waals surface area contributed by atoms with Gasteiger partial charge in [0.2, 0.25) is 0 Å². The zero-order valence-corrected chi connectivity index (χ0v) is 6.65. The maximum atomic E-state index is 10.2. The third-order valence-electron chi connectivity index (χ3n) is 1.06. The van der Waals surface area contributed by atoms with Crippen LogP contribution >= 0.6 is 8.25 Å². The summed E-state index contributed by atoms with van der Waals surface area (Å²) in [7, 11) is -2.91. The average Bonchev–Trinajstić information content (AvgIpc) is 1.85. The molecule has 1 rings (SSSR count). The molecule has 0 heterocycles. The minimum atomic E-state index is -2.91. The first-order valence-electron chi connectivity index (χ1n) is 2.95. The van der Waals surface area contributed by atoms with Gasteiger partial charge >= 0.3 is 8.25 Å². The van der Waals surface area contributed by atoms with Crippen LogP contribution in [-0.4, -0.2) is 4.89 Å². The molecule has 4 nitrogen and oxygen atoms in total. The number of hydrogen-bond donors (Lipinski definition) is 2. The van der Waals surface area contributed by atoms with Gasteiger partial charge in [-0.1, -0.05) is 6.07 Å². The summed E-state index contributed by atoms with van der Waals surface area (Å²) < 4.78 is 14.7. The van der Waals surface area contributed by atoms with E-state index in [2.05, 4.69) is 4.52 Å². The highest BCUT2D eigenvalue weighted by atomic mass is 31.1. The van der Waals surface area contributed by atoms with E-state index in [4.69, 9.17) is 10.6 Å². The van der Waals surface area contributed by atoms with Crippen LogP contribution in [0.1, 0.15) is 0 Å². The number of nitrogen functional groups attached to an aromatic ring is 1. The van der Waals surface area contributed by atoms with Crippen LogP contribution in [0.15, 0.2) is 24.3 Å². The van der Waals surface area contributed by atoms with Crippen molar-refractivity contribution in [3.05, 3.63) is 24.3 Å². The molecule has 1 unspecified atom stereocenters. The van der Waals surface area contributed by atoms with Crippen LogP contribution in [0, 0.1) is 0 Å². The molecule has 0 aromatic heterocycles. The van der Waals surface area contributed by atoms with Gasteiger partial charge in [-0.3, -0.25) is 0 Å². The normalized spacial score (nSPS) is 12.5. The van der Waals surface area contributed by atoms with Gasteiger partial charge < -0.3 is 15.2 Å². The van der Waals surface area contributed by atoms with Gasteiger partial charge in [0, 0.05) is 11.8 Å². The van der Waals surface area contributed by atoms with Gasteiger partial charge in [0.05, 0.1) is 0 Å². The van der Waals surface area contributed by atoms with E-state index in [1.807, 2.05) is 0 Å². The number of benzene rings is 1. The molecule has 0 aliphatic carbocycles. The Labute approximate surface area is 64.6 Å². The molecule has 0 spiro atoms. The van der Waals surface area contributed by atoms with Gasteiger partial charge in [0.1, 0.15) is 5.75 Å². The van der Waals surface area contributed by atoms with Crippen molar-refractivity contribution in [3.63, 3.8) is 0 Å². The fraction of sp³-hybridized carbons (Fsp3) is 0. The van der Waals surface area contributed by atoms with Crippen molar-refractivity contribution in [1.29, 1.82) is 0 Å². The van der Waals surface area contributed by atoms with Gasteiger partial charge in [-0.25, -0.2) is 4.57 Å². The van der Waals surface area contributed by atoms with Gasteiger partial charge in [-0.2, -0.15) is 0 Å². The van der Waals surface area contributed by atoms with E-state index in [-0.39, 0.29) is 0 Å². The lowest BCUT2D eigenvalue weighted by Crippen LogP contribution is -1.85. The maximum absolute atomic E-state index is 10.2. The highest BCUT2D eigenvalue weighted by Gasteiger charge is 1.95. The zero-order valence-electron chi connectivity index (χ0n) is 5.65. The molecule has 1 aromatic rings. The molecule has 0 saturated heterocycles. The molecule has 0 radical (unpaired) electrons. The molecule has 5 heteroatoms. The third-order valence-corrected chi connectivity index (χ3v) is 1.47. The Balaban J connectivity index is 2.79. The summed E-state index contributed by atoms with van der Waals surface area (Å²) >= 11 is 0. The topological polar surface area (TPSA) is 72.5 Å². The molecular weight excluding hydrogens is 165 g/mol. The van der Waals surface area contributed by atoms with Crippen molar-refractivity contribution in [2.45, 2.75) is 0 Å². The zero-order chi connectivity index (χ0) is 8.27. The van der Waals surface area contributed by atoms with Crippen LogP contribution in [0.5, 0.6) is 5.75 Å². The lowest BCUT2D eigenvalue weighted by Gasteiger charge is -2.00. The van der Waals surface area contributed by atoms with Crippen LogP contribution in [0.3, 0.4) is 0 Å². The summed E-state index contributed by atoms with van der Waals surface area (Å²) in [5, 5.41) is 0. The summed E-state index contributed by atoms with van der Waals surface area (Å²) in [6, 6.07) is 6.37. The standard InChI is InChI=1S/C6H8NO3P/c7-5-2-1-3-6(4-5)10-11(8)9/h1-4,11H,7H2,(H,8,9). The van der Waals surface area contributed by atoms with Gasteiger partial charge in [0.25, 0.3) is 0 Å². The Kier molecular flexibility index (Phi) is 2.52. The van der Waals surface area contributed by atoms with E-state index in [9.17, 15) is 4.57 Å². The van der Waals surface area contributed by atoms with E-state index >= 15 is 0 Å². The Morgan fingerprint density at radius 1 is 1.55 bits per heavy atom. The predicted octanol–water partition coefficient (Wildman–Crippen LogP) is 1.03. The van der Waals surface area contributed by atoms with Crippen molar-refractivity contribution >= 4 is 13.9 Å². The van der Waals surface area contributed by atoms with Crippen LogP contribution in [0.25, 0.3) is 0 Å². The first-order valence-corrected chi connectivity index (χ1v) is 4.21. The first kappa shape index (κ1) is 8.11. The molecular formula is C6H8NO3P. The second kappa shape index (κ2) is 3.42. The largest absolute Gasteiger partial charge is 0.426 e. The van der Waals surface area contributed by atoms with Gasteiger partial charge in [-0.15, -0.1) is 0 Å². The fourth-order valence-corrected chi connectivity index (χ4v) is 1.01. The van der Waals surface area contributed by atoms with Crippen molar-refractivity contribution in [2.24, 2.45) is 0 Å². The number of anilines is 1. The second-order valence-corrected chi connectivity index (χ2v) is 2.68. The fourth-order valence-electron chi connectivity index (χ4n) is 0.679. The van der Waals surface area contributed by atoms with E-state index in [0.29, 0.717) is 11.4 Å². The maximum Gasteiger partial charge on any atom is 0.365 e. The second-order valence-electron chi connectivity index (χ2n) is 1.94. The number of rotatable bonds is 2. The average molecular weight is 173 g/mol. The van der Waals surface area contributed by atoms with Crippen molar-refractivity contribution in [1.82, 2.24) is 0 Å². The van der Waals surface area contributed by atoms with E-state index in [0.717, 1.165) is 0 Å². The number of hydrogen-bond acceptors (Lipinski definition) is 3. The Bertz CT molecular complexity index is 276. The van der Waals surface area contributed by atoms with E-state index < -0.39 is 8.25 Å². The number of nitrogens with two attached hydrogens (primary N) is 1. The highest BCUT2D eigenvalue weighted by Crippen LogP contribution is 2.23. The minimum absolute atomic E-state index is 0.316. The Morgan fingerprint density at radius 3 is 2.82 bits per heavy atom. The van der Waals surface area contributed by atoms with E-state index in [1.165, 1.54) is 6.07 Å². The molecule has 1 atom stereocenters. The summed E-state index contributed by atoms with van der Waals surface area (Å²) in [6.45, 7) is 0. The molecule has 1 aromatic carbocycles. The van der Waals surface area contributed by atoms with Gasteiger partial charge in [0.15, 0.2) is 0 Å². The minimum Gasteiger partial charge on any atom is -0.426 e. The van der Waals surface area contributed by atoms with Crippen molar-refractivity contribution in [3.8, 4) is 5.75 Å². The molecule has 0 fully saturated rings. The molecule has 0 aliphatic heterocycles. The molecule has 11 heavy (non-hydrogen) atoms. The quantitative estimate of drug-likeness (QED) is 0.517. The van der Waals surface area contributed by atoms with Crippen molar-refractivity contribution in [2.75, 3.05) is 5.73 Å². The molecule has 0 amide bonds. The smallest absolute Gasteiger partial charge is 0.365 e. The molecule has 60 valence electrons. The van der Waals surface area contributed by atoms with Gasteiger partial charge in [-0.05, 0) is 12.1 Å². The lowest BCUT2D eigenvalue weighted by atomic mass is 10.3. The van der Waals surface area contributed by atoms with Crippen LogP contribution in [0.4, 0.5) is 5.69 Å². The highest BCUT2D eigenvalue weighted by molar-refractivity contribution is 7.32. The molecule has 0 saturated carbocycles. The summed E-state index contributed by atoms with van der Waals surface area (Å²) in [5.74, 6) is 0.316. The van der Waals surface area contributed by atoms with Crippen molar-refractivity contribution < 1.29 is 14.0 Å². The summed E-state index contributed by atoms with van der Waals surface area (Å²) in [6.07, 6.45) is 0. The SMILES string of the molecule is Nc1cccc(O[PH](=O)O)c1. The molecule has 0 aliphatic rings. The van der Waals surface area contributed by atoms with Crippen LogP contribution in [0.2, 0.25) is 0 Å². The lowest BCUT2D eigenvalue weighted by molar-refractivity contribution is 0.410.